The lowest BCUT2D eigenvalue weighted by molar-refractivity contribution is 0.0570. The predicted octanol–water partition coefficient (Wildman–Crippen LogP) is 5.10. The van der Waals surface area contributed by atoms with Crippen molar-refractivity contribution in [3.05, 3.63) is 63.5 Å². The molecule has 0 amide bonds. The maximum Gasteiger partial charge on any atom is 0.132 e. The van der Waals surface area contributed by atoms with E-state index < -0.39 is 0 Å². The lowest BCUT2D eigenvalue weighted by atomic mass is 9.74. The van der Waals surface area contributed by atoms with Gasteiger partial charge in [-0.15, -0.1) is 12.8 Å². The van der Waals surface area contributed by atoms with Gasteiger partial charge in [0.05, 0.1) is 18.7 Å². The van der Waals surface area contributed by atoms with Gasteiger partial charge in [0.25, 0.3) is 0 Å². The van der Waals surface area contributed by atoms with E-state index >= 15 is 0 Å². The molecular weight excluding hydrogens is 412 g/mol. The number of terminal acetylenes is 1. The minimum atomic E-state index is -0.222. The number of piperidine rings is 1. The van der Waals surface area contributed by atoms with Crippen LogP contribution < -0.4 is 5.32 Å². The Morgan fingerprint density at radius 3 is 2.48 bits per heavy atom. The number of rotatable bonds is 5. The maximum absolute atomic E-state index is 13.4. The molecule has 1 saturated heterocycles. The Morgan fingerprint density at radius 2 is 1.79 bits per heavy atom. The largest absolute Gasteiger partial charge is 0.376 e. The van der Waals surface area contributed by atoms with E-state index in [0.29, 0.717) is 23.4 Å². The highest BCUT2D eigenvalue weighted by molar-refractivity contribution is 6.36. The molecule has 0 radical (unpaired) electrons. The number of fused-ring (bicyclic) bond motifs is 1. The number of benzene rings is 2. The summed E-state index contributed by atoms with van der Waals surface area (Å²) >= 11 is 12.4. The lowest BCUT2D eigenvalue weighted by Gasteiger charge is -2.38. The van der Waals surface area contributed by atoms with Crippen LogP contribution in [-0.2, 0) is 16.8 Å². The monoisotopic (exact) mass is 433 g/mol. The maximum atomic E-state index is 13.4. The van der Waals surface area contributed by atoms with Crippen LogP contribution in [-0.4, -0.2) is 29.9 Å². The average Bonchev–Trinajstić information content (AvgIpc) is 3.11. The second-order valence-electron chi connectivity index (χ2n) is 7.03. The number of ether oxygens (including phenoxy) is 1. The first-order valence-corrected chi connectivity index (χ1v) is 10.0. The van der Waals surface area contributed by atoms with Crippen LogP contribution in [0.2, 0.25) is 10.2 Å². The lowest BCUT2D eigenvalue weighted by Crippen LogP contribution is -2.43. The van der Waals surface area contributed by atoms with Crippen LogP contribution in [0.25, 0.3) is 10.9 Å². The molecule has 1 fully saturated rings. The fraction of sp³-hybridized carbons (Fsp3) is 0.318. The quantitative estimate of drug-likeness (QED) is 0.550. The van der Waals surface area contributed by atoms with Crippen molar-refractivity contribution in [1.29, 1.82) is 0 Å². The smallest absolute Gasteiger partial charge is 0.132 e. The fourth-order valence-electron chi connectivity index (χ4n) is 3.81. The molecule has 4 nitrogen and oxygen atoms in total. The highest BCUT2D eigenvalue weighted by Crippen LogP contribution is 2.35. The minimum Gasteiger partial charge on any atom is -0.376 e. The molecule has 29 heavy (non-hydrogen) atoms. The van der Waals surface area contributed by atoms with E-state index in [9.17, 15) is 4.39 Å². The van der Waals surface area contributed by atoms with Crippen molar-refractivity contribution in [3.8, 4) is 12.8 Å². The van der Waals surface area contributed by atoms with Crippen LogP contribution in [0.5, 0.6) is 0 Å². The third-order valence-corrected chi connectivity index (χ3v) is 5.82. The molecule has 3 aromatic rings. The summed E-state index contributed by atoms with van der Waals surface area (Å²) in [6.45, 7) is 2.76. The van der Waals surface area contributed by atoms with Crippen LogP contribution >= 0.6 is 23.2 Å². The van der Waals surface area contributed by atoms with Crippen molar-refractivity contribution in [2.75, 3.05) is 19.7 Å². The summed E-state index contributed by atoms with van der Waals surface area (Å²) in [5.41, 5.74) is 2.65. The van der Waals surface area contributed by atoms with E-state index in [2.05, 4.69) is 28.4 Å². The molecule has 7 heteroatoms. The van der Waals surface area contributed by atoms with E-state index in [1.54, 1.807) is 6.07 Å². The number of aromatic amines is 1. The molecule has 1 aliphatic heterocycles. The van der Waals surface area contributed by atoms with Gasteiger partial charge in [0.2, 0.25) is 0 Å². The Bertz CT molecular complexity index is 979. The molecule has 0 saturated carbocycles. The second kappa shape index (κ2) is 9.60. The molecular formula is C22H22Cl2FN3O. The summed E-state index contributed by atoms with van der Waals surface area (Å²) < 4.78 is 19.5. The number of H-pyrrole nitrogens is 1. The van der Waals surface area contributed by atoms with Crippen LogP contribution in [0.15, 0.2) is 36.4 Å². The molecule has 0 bridgehead atoms. The Kier molecular flexibility index (Phi) is 7.15. The van der Waals surface area contributed by atoms with Crippen molar-refractivity contribution in [2.24, 2.45) is 0 Å². The topological polar surface area (TPSA) is 49.9 Å². The van der Waals surface area contributed by atoms with Crippen molar-refractivity contribution < 1.29 is 9.13 Å². The van der Waals surface area contributed by atoms with E-state index in [0.717, 1.165) is 48.0 Å². The van der Waals surface area contributed by atoms with Crippen molar-refractivity contribution in [2.45, 2.75) is 24.9 Å². The van der Waals surface area contributed by atoms with Gasteiger partial charge in [-0.3, -0.25) is 5.10 Å². The molecule has 2 heterocycles. The second-order valence-corrected chi connectivity index (χ2v) is 7.84. The van der Waals surface area contributed by atoms with Gasteiger partial charge in [-0.1, -0.05) is 35.3 Å². The molecule has 1 aromatic heterocycles. The number of halogens is 3. The summed E-state index contributed by atoms with van der Waals surface area (Å²) in [5.74, 6) is -0.222. The predicted molar refractivity (Wildman–Crippen MR) is 116 cm³/mol. The fourth-order valence-corrected chi connectivity index (χ4v) is 4.24. The van der Waals surface area contributed by atoms with Crippen LogP contribution in [0.3, 0.4) is 0 Å². The van der Waals surface area contributed by atoms with Gasteiger partial charge in [0.15, 0.2) is 0 Å². The molecule has 0 unspecified atom stereocenters. The highest BCUT2D eigenvalue weighted by Gasteiger charge is 2.34. The van der Waals surface area contributed by atoms with Crippen LogP contribution in [0, 0.1) is 18.7 Å². The normalized spacial score (nSPS) is 15.6. The zero-order valence-electron chi connectivity index (χ0n) is 15.9. The van der Waals surface area contributed by atoms with Crippen molar-refractivity contribution in [3.63, 3.8) is 0 Å². The SMILES string of the molecule is C#C.Fc1ccc(C2(COCc3cc(Cl)cc4c(Cl)[nH]nc34)CCNCC2)cc1. The molecule has 2 aromatic carbocycles. The van der Waals surface area contributed by atoms with Gasteiger partial charge < -0.3 is 10.1 Å². The van der Waals surface area contributed by atoms with E-state index in [-0.39, 0.29) is 11.2 Å². The standard InChI is InChI=1S/C20H20Cl2FN3O.C2H2/c21-15-9-13(18-17(10-15)19(22)26-25-18)11-27-12-20(5-7-24-8-6-20)14-1-3-16(23)4-2-14;1-2/h1-4,9-10,24H,5-8,11-12H2,(H,25,26);1-2H. The third kappa shape index (κ3) is 4.73. The van der Waals surface area contributed by atoms with E-state index in [4.69, 9.17) is 27.9 Å². The van der Waals surface area contributed by atoms with Crippen molar-refractivity contribution in [1.82, 2.24) is 15.5 Å². The first kappa shape index (κ1) is 21.6. The summed E-state index contributed by atoms with van der Waals surface area (Å²) in [5, 5.41) is 12.3. The van der Waals surface area contributed by atoms with Gasteiger partial charge >= 0.3 is 0 Å². The van der Waals surface area contributed by atoms with Gasteiger partial charge in [-0.25, -0.2) is 4.39 Å². The third-order valence-electron chi connectivity index (χ3n) is 5.31. The Balaban J connectivity index is 0.00000117. The van der Waals surface area contributed by atoms with Crippen LogP contribution in [0.4, 0.5) is 4.39 Å². The number of hydrogen-bond donors (Lipinski definition) is 2. The Morgan fingerprint density at radius 1 is 1.10 bits per heavy atom. The molecule has 0 spiro atoms. The first-order chi connectivity index (χ1) is 14.1. The van der Waals surface area contributed by atoms with E-state index in [1.165, 1.54) is 12.1 Å². The molecule has 0 aliphatic carbocycles. The zero-order chi connectivity index (χ0) is 20.9. The molecule has 1 aliphatic rings. The molecule has 2 N–H and O–H groups in total. The highest BCUT2D eigenvalue weighted by atomic mass is 35.5. The van der Waals surface area contributed by atoms with Gasteiger partial charge in [0.1, 0.15) is 11.0 Å². The van der Waals surface area contributed by atoms with Crippen LogP contribution in [0.1, 0.15) is 24.0 Å². The minimum absolute atomic E-state index is 0.125. The van der Waals surface area contributed by atoms with Gasteiger partial charge in [-0.05, 0) is 55.8 Å². The van der Waals surface area contributed by atoms with Gasteiger partial charge in [-0.2, -0.15) is 5.10 Å². The first-order valence-electron chi connectivity index (χ1n) is 9.27. The summed E-state index contributed by atoms with van der Waals surface area (Å²) in [4.78, 5) is 0. The summed E-state index contributed by atoms with van der Waals surface area (Å²) in [6.07, 6.45) is 9.88. The average molecular weight is 434 g/mol. The van der Waals surface area contributed by atoms with E-state index in [1.807, 2.05) is 18.2 Å². The number of aromatic nitrogens is 2. The number of nitrogens with one attached hydrogen (secondary N) is 2. The van der Waals surface area contributed by atoms with Crippen molar-refractivity contribution >= 4 is 34.1 Å². The number of nitrogens with zero attached hydrogens (tertiary/aromatic N) is 1. The zero-order valence-corrected chi connectivity index (χ0v) is 17.4. The Labute approximate surface area is 179 Å². The molecule has 4 rings (SSSR count). The number of hydrogen-bond acceptors (Lipinski definition) is 3. The summed E-state index contributed by atoms with van der Waals surface area (Å²) in [7, 11) is 0. The summed E-state index contributed by atoms with van der Waals surface area (Å²) in [6, 6.07) is 10.4. The Hall–Kier alpha value is -2.10. The molecule has 0 atom stereocenters. The molecule has 152 valence electrons. The van der Waals surface area contributed by atoms with Gasteiger partial charge in [0, 0.05) is 21.4 Å².